The predicted octanol–water partition coefficient (Wildman–Crippen LogP) is 0.609. The molecule has 7 nitrogen and oxygen atoms in total. The summed E-state index contributed by atoms with van der Waals surface area (Å²) in [5.74, 6) is 0.0401. The van der Waals surface area contributed by atoms with Crippen molar-refractivity contribution in [3.63, 3.8) is 0 Å². The molecule has 0 aliphatic heterocycles. The van der Waals surface area contributed by atoms with Gasteiger partial charge in [-0.25, -0.2) is 14.8 Å². The Bertz CT molecular complexity index is 552. The average Bonchev–Trinajstić information content (AvgIpc) is 2.81. The van der Waals surface area contributed by atoms with Crippen LogP contribution in [-0.4, -0.2) is 32.8 Å². The van der Waals surface area contributed by atoms with Crippen molar-refractivity contribution in [2.75, 3.05) is 12.4 Å². The van der Waals surface area contributed by atoms with E-state index in [9.17, 15) is 4.79 Å². The number of anilines is 1. The van der Waals surface area contributed by atoms with E-state index in [4.69, 9.17) is 0 Å². The Morgan fingerprint density at radius 1 is 1.44 bits per heavy atom. The van der Waals surface area contributed by atoms with Crippen molar-refractivity contribution in [1.29, 1.82) is 0 Å². The molecule has 7 heteroatoms. The lowest BCUT2D eigenvalue weighted by molar-refractivity contribution is 0.0587. The van der Waals surface area contributed by atoms with Crippen LogP contribution in [0.5, 0.6) is 0 Å². The zero-order valence-corrected chi connectivity index (χ0v) is 10.1. The van der Waals surface area contributed by atoms with Crippen molar-refractivity contribution >= 4 is 11.8 Å². The van der Waals surface area contributed by atoms with E-state index in [1.165, 1.54) is 13.3 Å². The van der Waals surface area contributed by atoms with Crippen LogP contribution >= 0.6 is 0 Å². The van der Waals surface area contributed by atoms with Crippen molar-refractivity contribution in [3.05, 3.63) is 36.0 Å². The standard InChI is InChI=1S/C11H13N5O2/c1-16-8(3-6-14-16)7-13-9-4-5-12-10(15-9)11(17)18-2/h3-6H,7H2,1-2H3,(H,12,13,15). The summed E-state index contributed by atoms with van der Waals surface area (Å²) in [6, 6.07) is 3.58. The second-order valence-electron chi connectivity index (χ2n) is 3.56. The van der Waals surface area contributed by atoms with Crippen LogP contribution in [0, 0.1) is 0 Å². The quantitative estimate of drug-likeness (QED) is 0.797. The molecule has 0 aliphatic carbocycles. The number of nitrogens with zero attached hydrogens (tertiary/aromatic N) is 4. The SMILES string of the molecule is COC(=O)c1nccc(NCc2ccnn2C)n1. The molecule has 0 fully saturated rings. The third kappa shape index (κ3) is 2.62. The van der Waals surface area contributed by atoms with Crippen LogP contribution in [0.4, 0.5) is 5.82 Å². The Morgan fingerprint density at radius 2 is 2.28 bits per heavy atom. The van der Waals surface area contributed by atoms with Crippen LogP contribution in [0.3, 0.4) is 0 Å². The Kier molecular flexibility index (Phi) is 3.52. The molecule has 0 saturated heterocycles. The molecule has 0 aromatic carbocycles. The van der Waals surface area contributed by atoms with E-state index in [1.54, 1.807) is 16.9 Å². The van der Waals surface area contributed by atoms with E-state index >= 15 is 0 Å². The first-order valence-electron chi connectivity index (χ1n) is 5.33. The van der Waals surface area contributed by atoms with Gasteiger partial charge in [0.05, 0.1) is 19.3 Å². The van der Waals surface area contributed by atoms with Gasteiger partial charge in [0.15, 0.2) is 0 Å². The summed E-state index contributed by atoms with van der Waals surface area (Å²) in [7, 11) is 3.15. The third-order valence-electron chi connectivity index (χ3n) is 2.40. The van der Waals surface area contributed by atoms with Crippen LogP contribution in [-0.2, 0) is 18.3 Å². The molecule has 2 heterocycles. The Morgan fingerprint density at radius 3 is 2.94 bits per heavy atom. The number of esters is 1. The minimum absolute atomic E-state index is 0.0347. The van der Waals surface area contributed by atoms with E-state index < -0.39 is 5.97 Å². The molecule has 94 valence electrons. The first kappa shape index (κ1) is 12.0. The van der Waals surface area contributed by atoms with Gasteiger partial charge in [-0.15, -0.1) is 0 Å². The number of aryl methyl sites for hydroxylation is 1. The van der Waals surface area contributed by atoms with Crippen LogP contribution < -0.4 is 5.32 Å². The van der Waals surface area contributed by atoms with Crippen LogP contribution in [0.15, 0.2) is 24.5 Å². The maximum atomic E-state index is 11.3. The molecule has 0 bridgehead atoms. The fourth-order valence-electron chi connectivity index (χ4n) is 1.40. The van der Waals surface area contributed by atoms with Crippen molar-refractivity contribution < 1.29 is 9.53 Å². The molecule has 0 spiro atoms. The normalized spacial score (nSPS) is 10.1. The highest BCUT2D eigenvalue weighted by atomic mass is 16.5. The van der Waals surface area contributed by atoms with E-state index in [2.05, 4.69) is 25.1 Å². The number of ether oxygens (including phenoxy) is 1. The summed E-state index contributed by atoms with van der Waals surface area (Å²) in [5.41, 5.74) is 1.01. The maximum Gasteiger partial charge on any atom is 0.376 e. The minimum atomic E-state index is -0.556. The number of aromatic nitrogens is 4. The van der Waals surface area contributed by atoms with E-state index in [-0.39, 0.29) is 5.82 Å². The van der Waals surface area contributed by atoms with Crippen LogP contribution in [0.2, 0.25) is 0 Å². The molecule has 0 amide bonds. The number of methoxy groups -OCH3 is 1. The third-order valence-corrected chi connectivity index (χ3v) is 2.40. The summed E-state index contributed by atoms with van der Waals surface area (Å²) < 4.78 is 6.31. The largest absolute Gasteiger partial charge is 0.463 e. The summed E-state index contributed by atoms with van der Waals surface area (Å²) in [5, 5.41) is 7.15. The summed E-state index contributed by atoms with van der Waals surface area (Å²) >= 11 is 0. The first-order valence-corrected chi connectivity index (χ1v) is 5.33. The van der Waals surface area contributed by atoms with Crippen molar-refractivity contribution in [2.45, 2.75) is 6.54 Å². The first-order chi connectivity index (χ1) is 8.70. The molecular weight excluding hydrogens is 234 g/mol. The van der Waals surface area contributed by atoms with E-state index in [1.807, 2.05) is 13.1 Å². The minimum Gasteiger partial charge on any atom is -0.463 e. The van der Waals surface area contributed by atoms with E-state index in [0.717, 1.165) is 5.69 Å². The molecule has 1 N–H and O–H groups in total. The fraction of sp³-hybridized carbons (Fsp3) is 0.273. The van der Waals surface area contributed by atoms with Crippen molar-refractivity contribution in [2.24, 2.45) is 7.05 Å². The van der Waals surface area contributed by atoms with Gasteiger partial charge in [-0.05, 0) is 12.1 Å². The van der Waals surface area contributed by atoms with Crippen LogP contribution in [0.1, 0.15) is 16.3 Å². The lowest BCUT2D eigenvalue weighted by Gasteiger charge is -2.06. The van der Waals surface area contributed by atoms with Crippen molar-refractivity contribution in [3.8, 4) is 0 Å². The second-order valence-corrected chi connectivity index (χ2v) is 3.56. The molecule has 2 rings (SSSR count). The zero-order chi connectivity index (χ0) is 13.0. The van der Waals surface area contributed by atoms with Gasteiger partial charge in [-0.1, -0.05) is 0 Å². The molecule has 0 atom stereocenters. The highest BCUT2D eigenvalue weighted by Gasteiger charge is 2.09. The number of carbonyl (C=O) groups excluding carboxylic acids is 1. The fourth-order valence-corrected chi connectivity index (χ4v) is 1.40. The van der Waals surface area contributed by atoms with Crippen LogP contribution in [0.25, 0.3) is 0 Å². The number of hydrogen-bond acceptors (Lipinski definition) is 6. The topological polar surface area (TPSA) is 81.9 Å². The molecule has 0 unspecified atom stereocenters. The van der Waals surface area contributed by atoms with Gasteiger partial charge < -0.3 is 10.1 Å². The number of carbonyl (C=O) groups is 1. The second kappa shape index (κ2) is 5.26. The summed E-state index contributed by atoms with van der Waals surface area (Å²) in [6.07, 6.45) is 3.22. The number of nitrogens with one attached hydrogen (secondary N) is 1. The summed E-state index contributed by atoms with van der Waals surface area (Å²) in [4.78, 5) is 19.1. The molecule has 0 radical (unpaired) electrons. The summed E-state index contributed by atoms with van der Waals surface area (Å²) in [6.45, 7) is 0.564. The Hall–Kier alpha value is -2.44. The Labute approximate surface area is 104 Å². The van der Waals surface area contributed by atoms with Gasteiger partial charge in [0.2, 0.25) is 5.82 Å². The van der Waals surface area contributed by atoms with Gasteiger partial charge in [0.25, 0.3) is 0 Å². The average molecular weight is 247 g/mol. The predicted molar refractivity (Wildman–Crippen MR) is 63.9 cm³/mol. The number of rotatable bonds is 4. The highest BCUT2D eigenvalue weighted by Crippen LogP contribution is 2.05. The zero-order valence-electron chi connectivity index (χ0n) is 10.1. The lowest BCUT2D eigenvalue weighted by atomic mass is 10.4. The van der Waals surface area contributed by atoms with E-state index in [0.29, 0.717) is 12.4 Å². The van der Waals surface area contributed by atoms with Gasteiger partial charge >= 0.3 is 5.97 Å². The maximum absolute atomic E-state index is 11.3. The molecule has 2 aromatic rings. The smallest absolute Gasteiger partial charge is 0.376 e. The molecule has 0 saturated carbocycles. The molecule has 18 heavy (non-hydrogen) atoms. The molecule has 2 aromatic heterocycles. The highest BCUT2D eigenvalue weighted by molar-refractivity contribution is 5.85. The lowest BCUT2D eigenvalue weighted by Crippen LogP contribution is -2.11. The van der Waals surface area contributed by atoms with Crippen molar-refractivity contribution in [1.82, 2.24) is 19.7 Å². The van der Waals surface area contributed by atoms with Gasteiger partial charge in [0, 0.05) is 19.4 Å². The number of hydrogen-bond donors (Lipinski definition) is 1. The monoisotopic (exact) mass is 247 g/mol. The van der Waals surface area contributed by atoms with Gasteiger partial charge in [-0.3, -0.25) is 4.68 Å². The molecule has 0 aliphatic rings. The Balaban J connectivity index is 2.06. The molecular formula is C11H13N5O2. The van der Waals surface area contributed by atoms with Gasteiger partial charge in [0.1, 0.15) is 5.82 Å². The van der Waals surface area contributed by atoms with Gasteiger partial charge in [-0.2, -0.15) is 5.10 Å².